The molecule has 0 aromatic heterocycles. The first kappa shape index (κ1) is 14.9. The summed E-state index contributed by atoms with van der Waals surface area (Å²) in [4.78, 5) is 0. The van der Waals surface area contributed by atoms with Crippen molar-refractivity contribution in [3.63, 3.8) is 0 Å². The van der Waals surface area contributed by atoms with Crippen LogP contribution in [0.1, 0.15) is 35.2 Å². The molecule has 0 heterocycles. The predicted molar refractivity (Wildman–Crippen MR) is 84.3 cm³/mol. The Balaban J connectivity index is 2.08. The molecule has 2 aromatic rings. The van der Waals surface area contributed by atoms with Gasteiger partial charge in [-0.2, -0.15) is 0 Å². The van der Waals surface area contributed by atoms with Gasteiger partial charge in [0.2, 0.25) is 0 Å². The van der Waals surface area contributed by atoms with Gasteiger partial charge in [0.05, 0.1) is 5.02 Å². The van der Waals surface area contributed by atoms with Crippen molar-refractivity contribution in [2.45, 2.75) is 33.4 Å². The number of hydrogen-bond donors (Lipinski definition) is 2. The van der Waals surface area contributed by atoms with Gasteiger partial charge in [-0.05, 0) is 38.0 Å². The Kier molecular flexibility index (Phi) is 4.69. The molecule has 2 N–H and O–H groups in total. The van der Waals surface area contributed by atoms with Crippen LogP contribution in [0.3, 0.4) is 0 Å². The summed E-state index contributed by atoms with van der Waals surface area (Å²) in [5.41, 5.74) is 4.64. The van der Waals surface area contributed by atoms with E-state index in [-0.39, 0.29) is 11.8 Å². The van der Waals surface area contributed by atoms with Gasteiger partial charge in [0.25, 0.3) is 0 Å². The largest absolute Gasteiger partial charge is 0.506 e. The molecule has 106 valence electrons. The SMILES string of the molecule is Cc1ccc(C(C)NCc2cccc(Cl)c2O)c(C)c1. The molecule has 0 aliphatic carbocycles. The zero-order valence-electron chi connectivity index (χ0n) is 12.1. The van der Waals surface area contributed by atoms with Gasteiger partial charge in [0.15, 0.2) is 0 Å². The summed E-state index contributed by atoms with van der Waals surface area (Å²) in [7, 11) is 0. The number of aryl methyl sites for hydroxylation is 2. The predicted octanol–water partition coefficient (Wildman–Crippen LogP) is 4.51. The highest BCUT2D eigenvalue weighted by molar-refractivity contribution is 6.32. The van der Waals surface area contributed by atoms with Gasteiger partial charge in [0, 0.05) is 18.2 Å². The summed E-state index contributed by atoms with van der Waals surface area (Å²) < 4.78 is 0. The van der Waals surface area contributed by atoms with Crippen LogP contribution in [0.5, 0.6) is 5.75 Å². The molecule has 0 aliphatic heterocycles. The fourth-order valence-electron chi connectivity index (χ4n) is 2.39. The van der Waals surface area contributed by atoms with Crippen molar-refractivity contribution in [2.75, 3.05) is 0 Å². The summed E-state index contributed by atoms with van der Waals surface area (Å²) in [5.74, 6) is 0.162. The number of halogens is 1. The highest BCUT2D eigenvalue weighted by atomic mass is 35.5. The second-order valence-electron chi connectivity index (χ2n) is 5.21. The topological polar surface area (TPSA) is 32.3 Å². The lowest BCUT2D eigenvalue weighted by Gasteiger charge is -2.17. The van der Waals surface area contributed by atoms with E-state index in [4.69, 9.17) is 11.6 Å². The summed E-state index contributed by atoms with van der Waals surface area (Å²) in [6, 6.07) is 12.1. The third-order valence-corrected chi connectivity index (χ3v) is 3.87. The smallest absolute Gasteiger partial charge is 0.138 e. The van der Waals surface area contributed by atoms with Crippen molar-refractivity contribution in [3.05, 3.63) is 63.7 Å². The van der Waals surface area contributed by atoms with E-state index in [2.05, 4.69) is 44.3 Å². The molecule has 0 spiro atoms. The molecule has 0 radical (unpaired) electrons. The lowest BCUT2D eigenvalue weighted by molar-refractivity contribution is 0.460. The Morgan fingerprint density at radius 2 is 1.95 bits per heavy atom. The van der Waals surface area contributed by atoms with Crippen LogP contribution >= 0.6 is 11.6 Å². The third kappa shape index (κ3) is 3.33. The second kappa shape index (κ2) is 6.29. The van der Waals surface area contributed by atoms with Crippen LogP contribution in [0, 0.1) is 13.8 Å². The van der Waals surface area contributed by atoms with Crippen molar-refractivity contribution < 1.29 is 5.11 Å². The number of phenols is 1. The molecule has 0 saturated carbocycles. The highest BCUT2D eigenvalue weighted by Crippen LogP contribution is 2.27. The standard InChI is InChI=1S/C17H20ClNO/c1-11-7-8-15(12(2)9-11)13(3)19-10-14-5-4-6-16(18)17(14)20/h4-9,13,19-20H,10H2,1-3H3. The van der Waals surface area contributed by atoms with Crippen LogP contribution in [0.25, 0.3) is 0 Å². The molecule has 0 fully saturated rings. The Morgan fingerprint density at radius 3 is 2.65 bits per heavy atom. The number of rotatable bonds is 4. The molecule has 3 heteroatoms. The van der Waals surface area contributed by atoms with E-state index < -0.39 is 0 Å². The molecule has 0 bridgehead atoms. The molecular weight excluding hydrogens is 270 g/mol. The van der Waals surface area contributed by atoms with Crippen molar-refractivity contribution >= 4 is 11.6 Å². The van der Waals surface area contributed by atoms with E-state index in [0.29, 0.717) is 11.6 Å². The van der Waals surface area contributed by atoms with E-state index in [0.717, 1.165) is 5.56 Å². The minimum atomic E-state index is 0.162. The lowest BCUT2D eigenvalue weighted by atomic mass is 10.00. The van der Waals surface area contributed by atoms with Gasteiger partial charge in [-0.15, -0.1) is 0 Å². The number of hydrogen-bond acceptors (Lipinski definition) is 2. The first-order valence-electron chi connectivity index (χ1n) is 6.76. The van der Waals surface area contributed by atoms with E-state index >= 15 is 0 Å². The molecule has 2 rings (SSSR count). The van der Waals surface area contributed by atoms with Crippen LogP contribution < -0.4 is 5.32 Å². The van der Waals surface area contributed by atoms with E-state index in [9.17, 15) is 5.11 Å². The van der Waals surface area contributed by atoms with Gasteiger partial charge in [-0.25, -0.2) is 0 Å². The fraction of sp³-hybridized carbons (Fsp3) is 0.294. The normalized spacial score (nSPS) is 12.4. The lowest BCUT2D eigenvalue weighted by Crippen LogP contribution is -2.19. The average molecular weight is 290 g/mol. The molecule has 0 amide bonds. The molecule has 1 unspecified atom stereocenters. The van der Waals surface area contributed by atoms with Gasteiger partial charge >= 0.3 is 0 Å². The van der Waals surface area contributed by atoms with Crippen LogP contribution in [0.2, 0.25) is 5.02 Å². The molecular formula is C17H20ClNO. The zero-order chi connectivity index (χ0) is 14.7. The maximum Gasteiger partial charge on any atom is 0.138 e. The van der Waals surface area contributed by atoms with Crippen LogP contribution in [0.4, 0.5) is 0 Å². The average Bonchev–Trinajstić information content (AvgIpc) is 2.40. The third-order valence-electron chi connectivity index (χ3n) is 3.56. The molecule has 2 aromatic carbocycles. The number of benzene rings is 2. The molecule has 0 saturated heterocycles. The van der Waals surface area contributed by atoms with E-state index in [1.54, 1.807) is 6.07 Å². The number of nitrogens with one attached hydrogen (secondary N) is 1. The van der Waals surface area contributed by atoms with Crippen LogP contribution in [-0.4, -0.2) is 5.11 Å². The quantitative estimate of drug-likeness (QED) is 0.868. The number of aromatic hydroxyl groups is 1. The highest BCUT2D eigenvalue weighted by Gasteiger charge is 2.10. The summed E-state index contributed by atoms with van der Waals surface area (Å²) >= 11 is 5.91. The van der Waals surface area contributed by atoms with Gasteiger partial charge in [-0.1, -0.05) is 47.5 Å². The van der Waals surface area contributed by atoms with Crippen LogP contribution in [0.15, 0.2) is 36.4 Å². The van der Waals surface area contributed by atoms with E-state index in [1.807, 2.05) is 12.1 Å². The number of phenolic OH excluding ortho intramolecular Hbond substituents is 1. The summed E-state index contributed by atoms with van der Waals surface area (Å²) in [6.07, 6.45) is 0. The number of para-hydroxylation sites is 1. The minimum Gasteiger partial charge on any atom is -0.506 e. The second-order valence-corrected chi connectivity index (χ2v) is 5.62. The van der Waals surface area contributed by atoms with E-state index in [1.165, 1.54) is 16.7 Å². The maximum atomic E-state index is 9.90. The van der Waals surface area contributed by atoms with Crippen molar-refractivity contribution in [2.24, 2.45) is 0 Å². The van der Waals surface area contributed by atoms with Gasteiger partial charge in [-0.3, -0.25) is 0 Å². The first-order valence-corrected chi connectivity index (χ1v) is 7.13. The Morgan fingerprint density at radius 1 is 1.20 bits per heavy atom. The Bertz CT molecular complexity index is 610. The monoisotopic (exact) mass is 289 g/mol. The fourth-order valence-corrected chi connectivity index (χ4v) is 2.58. The summed E-state index contributed by atoms with van der Waals surface area (Å²) in [6.45, 7) is 6.93. The van der Waals surface area contributed by atoms with Crippen molar-refractivity contribution in [1.29, 1.82) is 0 Å². The van der Waals surface area contributed by atoms with Gasteiger partial charge < -0.3 is 10.4 Å². The minimum absolute atomic E-state index is 0.162. The maximum absolute atomic E-state index is 9.90. The molecule has 1 atom stereocenters. The summed E-state index contributed by atoms with van der Waals surface area (Å²) in [5, 5.41) is 13.7. The Hall–Kier alpha value is -1.51. The van der Waals surface area contributed by atoms with Gasteiger partial charge in [0.1, 0.15) is 5.75 Å². The Labute approximate surface area is 125 Å². The molecule has 2 nitrogen and oxygen atoms in total. The van der Waals surface area contributed by atoms with Crippen molar-refractivity contribution in [1.82, 2.24) is 5.32 Å². The van der Waals surface area contributed by atoms with Crippen molar-refractivity contribution in [3.8, 4) is 5.75 Å². The van der Waals surface area contributed by atoms with Crippen LogP contribution in [-0.2, 0) is 6.54 Å². The first-order chi connectivity index (χ1) is 9.49. The zero-order valence-corrected chi connectivity index (χ0v) is 12.8. The molecule has 20 heavy (non-hydrogen) atoms. The molecule has 0 aliphatic rings.